The summed E-state index contributed by atoms with van der Waals surface area (Å²) in [6.07, 6.45) is 9.56. The fourth-order valence-corrected chi connectivity index (χ4v) is 17.1. The number of carbonyl (C=O) groups is 4. The van der Waals surface area contributed by atoms with Crippen LogP contribution in [0.2, 0.25) is 0 Å². The number of rotatable bonds is 8. The average Bonchev–Trinajstić information content (AvgIpc) is 3.78. The lowest BCUT2D eigenvalue weighted by Crippen LogP contribution is -2.71. The van der Waals surface area contributed by atoms with Crippen molar-refractivity contribution in [1.29, 1.82) is 0 Å². The van der Waals surface area contributed by atoms with Crippen LogP contribution in [0.4, 0.5) is 0 Å². The summed E-state index contributed by atoms with van der Waals surface area (Å²) in [7, 11) is 0. The molecule has 7 aliphatic rings. The highest BCUT2D eigenvalue weighted by Gasteiger charge is 2.76. The van der Waals surface area contributed by atoms with Crippen LogP contribution in [0.25, 0.3) is 0 Å². The topological polar surface area (TPSA) is 121 Å². The molecule has 0 spiro atoms. The molecule has 6 fully saturated rings. The Morgan fingerprint density at radius 3 is 2.13 bits per heavy atom. The lowest BCUT2D eigenvalue weighted by atomic mass is 9.29. The third-order valence-corrected chi connectivity index (χ3v) is 20.2. The van der Waals surface area contributed by atoms with Crippen molar-refractivity contribution in [3.8, 4) is 0 Å². The number of ketones is 1. The Hall–Kier alpha value is -3.00. The summed E-state index contributed by atoms with van der Waals surface area (Å²) >= 11 is 0. The van der Waals surface area contributed by atoms with Gasteiger partial charge >= 0.3 is 11.9 Å². The number of hydrogen-bond donors (Lipinski definition) is 2. The summed E-state index contributed by atoms with van der Waals surface area (Å²) in [5, 5.41) is 22.5. The monoisotopic (exact) mass is 826 g/mol. The van der Waals surface area contributed by atoms with Crippen LogP contribution in [-0.2, 0) is 30.5 Å². The van der Waals surface area contributed by atoms with E-state index in [0.29, 0.717) is 31.2 Å². The first kappa shape index (κ1) is 43.6. The normalized spacial score (nSPS) is 41.8. The zero-order valence-electron chi connectivity index (χ0n) is 38.7. The molecule has 330 valence electrons. The van der Waals surface area contributed by atoms with E-state index in [1.165, 1.54) is 0 Å². The first-order chi connectivity index (χ1) is 27.9. The van der Waals surface area contributed by atoms with Crippen molar-refractivity contribution in [3.63, 3.8) is 0 Å². The quantitative estimate of drug-likeness (QED) is 0.250. The molecule has 11 atom stereocenters. The predicted octanol–water partition coefficient (Wildman–Crippen LogP) is 10.2. The van der Waals surface area contributed by atoms with Gasteiger partial charge in [0.25, 0.3) is 0 Å². The Morgan fingerprint density at radius 1 is 0.850 bits per heavy atom. The predicted molar refractivity (Wildman–Crippen MR) is 232 cm³/mol. The molecule has 60 heavy (non-hydrogen) atoms. The van der Waals surface area contributed by atoms with Gasteiger partial charge in [0.1, 0.15) is 6.61 Å². The number of hydrogen-bond acceptors (Lipinski definition) is 6. The number of likely N-dealkylation sites (tertiary alicyclic amines) is 1. The number of benzene rings is 1. The van der Waals surface area contributed by atoms with E-state index < -0.39 is 33.7 Å². The van der Waals surface area contributed by atoms with E-state index in [-0.39, 0.29) is 76.1 Å². The number of carbonyl (C=O) groups excluding carboxylic acids is 3. The number of Topliss-reactive ketones (excluding diaryl/α,β-unsaturated/α-hetero) is 1. The molecule has 0 aromatic heterocycles. The van der Waals surface area contributed by atoms with Crippen molar-refractivity contribution in [2.45, 2.75) is 171 Å². The molecule has 1 aliphatic heterocycles. The number of aliphatic carboxylic acids is 1. The molecule has 1 amide bonds. The lowest BCUT2D eigenvalue weighted by molar-refractivity contribution is -0.261. The van der Waals surface area contributed by atoms with Gasteiger partial charge in [0.2, 0.25) is 5.91 Å². The summed E-state index contributed by atoms with van der Waals surface area (Å²) in [6, 6.07) is 9.41. The smallest absolute Gasteiger partial charge is 0.310 e. The Labute approximate surface area is 360 Å². The van der Waals surface area contributed by atoms with Crippen molar-refractivity contribution in [2.24, 2.45) is 73.4 Å². The first-order valence-electron chi connectivity index (χ1n) is 23.6. The maximum Gasteiger partial charge on any atom is 0.310 e. The molecule has 1 saturated heterocycles. The van der Waals surface area contributed by atoms with Gasteiger partial charge in [-0.3, -0.25) is 19.2 Å². The number of allylic oxidation sites excluding steroid dienone is 1. The Morgan fingerprint density at radius 2 is 1.52 bits per heavy atom. The summed E-state index contributed by atoms with van der Waals surface area (Å²) in [5.41, 5.74) is -1.10. The maximum atomic E-state index is 15.2. The minimum Gasteiger partial charge on any atom is -0.481 e. The molecule has 2 N–H and O–H groups in total. The lowest BCUT2D eigenvalue weighted by Gasteiger charge is -2.74. The molecule has 8 heteroatoms. The number of ether oxygens (including phenoxy) is 1. The molecule has 1 aromatic carbocycles. The van der Waals surface area contributed by atoms with Crippen LogP contribution in [0.5, 0.6) is 0 Å². The molecule has 8 nitrogen and oxygen atoms in total. The SMILES string of the molecule is CC(C)C1=C2[C@H]3CC[C@@H]4[C@]5(C)CC[C@H]([C@@]6(C(=O)O)C[C@@H](C(=O)OCc7ccccc7)C6(C)C)C(C)(C)[C@H]5CC[C@@]4(C)[C@]3(C)CC[C@@]2(C(=O)N2CCCC2C(C)(C)O)CC1=O. The van der Waals surface area contributed by atoms with Crippen LogP contribution in [0, 0.1) is 73.4 Å². The average molecular weight is 826 g/mol. The zero-order valence-corrected chi connectivity index (χ0v) is 38.7. The van der Waals surface area contributed by atoms with Crippen LogP contribution < -0.4 is 0 Å². The highest BCUT2D eigenvalue weighted by molar-refractivity contribution is 6.07. The molecular formula is C52H75NO7. The standard InChI is InChI=1S/C52H75NO7/c1-31(2)40-35(54)29-51(43(56)53-27-15-18-39(53)47(7,8)59)26-25-49(10)33(41(40)51)19-20-38-48(9)23-21-37(45(3,4)36(48)22-24-50(38,49)11)52(44(57)58)28-34(46(52,5)6)42(55)60-30-32-16-13-12-14-17-32/h12-14,16-17,31,33-34,36-39,59H,15,18-30H2,1-11H3,(H,57,58)/t33-,34+,36-,37+,38-,39?,48-,49-,50-,51-,52-/m1/s1. The van der Waals surface area contributed by atoms with Gasteiger partial charge in [-0.1, -0.05) is 92.6 Å². The minimum absolute atomic E-state index is 0.0107. The maximum absolute atomic E-state index is 15.2. The Bertz CT molecular complexity index is 1980. The second kappa shape index (κ2) is 14.0. The number of carboxylic acids is 1. The van der Waals surface area contributed by atoms with E-state index in [9.17, 15) is 24.6 Å². The molecule has 1 unspecified atom stereocenters. The second-order valence-corrected chi connectivity index (χ2v) is 23.8. The van der Waals surface area contributed by atoms with Crippen LogP contribution >= 0.6 is 0 Å². The van der Waals surface area contributed by atoms with Gasteiger partial charge in [-0.15, -0.1) is 0 Å². The molecule has 0 radical (unpaired) electrons. The van der Waals surface area contributed by atoms with Gasteiger partial charge in [-0.05, 0) is 158 Å². The van der Waals surface area contributed by atoms with E-state index in [4.69, 9.17) is 4.74 Å². The largest absolute Gasteiger partial charge is 0.481 e. The van der Waals surface area contributed by atoms with E-state index in [2.05, 4.69) is 48.5 Å². The number of esters is 1. The molecule has 0 bridgehead atoms. The van der Waals surface area contributed by atoms with Crippen LogP contribution in [0.3, 0.4) is 0 Å². The second-order valence-electron chi connectivity index (χ2n) is 23.8. The van der Waals surface area contributed by atoms with Gasteiger partial charge in [-0.25, -0.2) is 0 Å². The number of amides is 1. The summed E-state index contributed by atoms with van der Waals surface area (Å²) in [4.78, 5) is 58.8. The summed E-state index contributed by atoms with van der Waals surface area (Å²) in [6.45, 7) is 25.0. The summed E-state index contributed by atoms with van der Waals surface area (Å²) in [5.74, 6) is -0.512. The zero-order chi connectivity index (χ0) is 43.8. The third kappa shape index (κ3) is 5.68. The van der Waals surface area contributed by atoms with Crippen LogP contribution in [-0.4, -0.2) is 56.9 Å². The number of nitrogens with zero attached hydrogens (tertiary/aromatic N) is 1. The summed E-state index contributed by atoms with van der Waals surface area (Å²) < 4.78 is 5.83. The molecular weight excluding hydrogens is 751 g/mol. The van der Waals surface area contributed by atoms with Crippen LogP contribution in [0.15, 0.2) is 41.5 Å². The highest BCUT2D eigenvalue weighted by Crippen LogP contribution is 2.79. The molecule has 5 saturated carbocycles. The molecule has 1 heterocycles. The molecule has 1 aromatic rings. The van der Waals surface area contributed by atoms with Crippen molar-refractivity contribution in [2.75, 3.05) is 6.54 Å². The Balaban J connectivity index is 1.09. The van der Waals surface area contributed by atoms with Gasteiger partial charge in [0.15, 0.2) is 5.78 Å². The number of aliphatic hydroxyl groups is 1. The van der Waals surface area contributed by atoms with Crippen molar-refractivity contribution in [1.82, 2.24) is 4.90 Å². The molecule has 8 rings (SSSR count). The van der Waals surface area contributed by atoms with E-state index in [1.807, 2.05) is 62.9 Å². The van der Waals surface area contributed by atoms with Crippen molar-refractivity contribution < 1.29 is 34.1 Å². The van der Waals surface area contributed by atoms with Crippen LogP contribution in [0.1, 0.15) is 159 Å². The third-order valence-electron chi connectivity index (χ3n) is 20.2. The van der Waals surface area contributed by atoms with Crippen molar-refractivity contribution >= 4 is 23.6 Å². The van der Waals surface area contributed by atoms with E-state index >= 15 is 4.79 Å². The fraction of sp³-hybridized carbons (Fsp3) is 0.769. The minimum atomic E-state index is -1.04. The number of fused-ring (bicyclic) bond motifs is 7. The number of carboxylic acid groups (broad SMARTS) is 1. The van der Waals surface area contributed by atoms with Gasteiger partial charge in [-0.2, -0.15) is 0 Å². The van der Waals surface area contributed by atoms with Crippen molar-refractivity contribution in [3.05, 3.63) is 47.0 Å². The van der Waals surface area contributed by atoms with Gasteiger partial charge in [0, 0.05) is 13.0 Å². The van der Waals surface area contributed by atoms with Gasteiger partial charge in [0.05, 0.1) is 28.4 Å². The van der Waals surface area contributed by atoms with E-state index in [1.54, 1.807) is 0 Å². The van der Waals surface area contributed by atoms with Gasteiger partial charge < -0.3 is 19.8 Å². The fourth-order valence-electron chi connectivity index (χ4n) is 17.1. The highest BCUT2D eigenvalue weighted by atomic mass is 16.5. The molecule has 6 aliphatic carbocycles. The van der Waals surface area contributed by atoms with E-state index in [0.717, 1.165) is 74.5 Å². The first-order valence-corrected chi connectivity index (χ1v) is 23.6. The Kier molecular flexibility index (Phi) is 10.2.